The first-order valence-corrected chi connectivity index (χ1v) is 4.83. The van der Waals surface area contributed by atoms with Gasteiger partial charge in [0.1, 0.15) is 0 Å². The molecule has 0 aliphatic heterocycles. The molecule has 0 unspecified atom stereocenters. The number of rotatable bonds is 7. The highest BCUT2D eigenvalue weighted by Crippen LogP contribution is 2.39. The molecule has 0 saturated heterocycles. The van der Waals surface area contributed by atoms with Gasteiger partial charge in [-0.05, 0) is 12.8 Å². The lowest BCUT2D eigenvalue weighted by Gasteiger charge is -2.19. The van der Waals surface area contributed by atoms with Crippen LogP contribution in [0.5, 0.6) is 0 Å². The normalized spacial score (nSPS) is 12.8. The van der Waals surface area contributed by atoms with Crippen molar-refractivity contribution in [2.24, 2.45) is 0 Å². The fourth-order valence-electron chi connectivity index (χ4n) is 1.12. The molecule has 16 heavy (non-hydrogen) atoms. The molecule has 0 spiro atoms. The van der Waals surface area contributed by atoms with Crippen molar-refractivity contribution in [3.05, 3.63) is 0 Å². The molecule has 0 amide bonds. The van der Waals surface area contributed by atoms with Gasteiger partial charge in [0.25, 0.3) is 0 Å². The molecule has 0 rings (SSSR count). The molecule has 0 atom stereocenters. The maximum atomic E-state index is 12.3. The number of aliphatic carboxylic acids is 1. The van der Waals surface area contributed by atoms with Crippen molar-refractivity contribution in [2.75, 3.05) is 0 Å². The Hall–Kier alpha value is -0.880. The molecular formula is C9H13F5O2. The molecule has 96 valence electrons. The summed E-state index contributed by atoms with van der Waals surface area (Å²) in [7, 11) is 0. The van der Waals surface area contributed by atoms with E-state index in [1.54, 1.807) is 0 Å². The first-order chi connectivity index (χ1) is 7.17. The number of carboxylic acids is 1. The Balaban J connectivity index is 3.63. The third-order valence-corrected chi connectivity index (χ3v) is 2.05. The third kappa shape index (κ3) is 5.87. The zero-order valence-electron chi connectivity index (χ0n) is 8.49. The molecular weight excluding hydrogens is 235 g/mol. The molecule has 7 heteroatoms. The molecule has 0 aromatic heterocycles. The number of halogens is 5. The van der Waals surface area contributed by atoms with Crippen LogP contribution in [0.25, 0.3) is 0 Å². The van der Waals surface area contributed by atoms with Crippen LogP contribution in [-0.2, 0) is 4.79 Å². The summed E-state index contributed by atoms with van der Waals surface area (Å²) in [4.78, 5) is 10.1. The van der Waals surface area contributed by atoms with Crippen molar-refractivity contribution in [2.45, 2.75) is 50.6 Å². The molecule has 1 N–H and O–H groups in total. The van der Waals surface area contributed by atoms with E-state index in [-0.39, 0.29) is 19.3 Å². The van der Waals surface area contributed by atoms with Crippen LogP contribution in [0.3, 0.4) is 0 Å². The standard InChI is InChI=1S/C9H13F5O2/c10-8(11,9(12,13)14)6-4-2-1-3-5-7(15)16/h1-6H2,(H,15,16). The predicted octanol–water partition coefficient (Wildman–Crippen LogP) is 3.61. The summed E-state index contributed by atoms with van der Waals surface area (Å²) >= 11 is 0. The number of carboxylic acid groups (broad SMARTS) is 1. The Morgan fingerprint density at radius 1 is 0.938 bits per heavy atom. The van der Waals surface area contributed by atoms with E-state index >= 15 is 0 Å². The molecule has 0 radical (unpaired) electrons. The maximum absolute atomic E-state index is 12.3. The lowest BCUT2D eigenvalue weighted by atomic mass is 10.1. The van der Waals surface area contributed by atoms with Gasteiger partial charge in [-0.25, -0.2) is 0 Å². The average molecular weight is 248 g/mol. The number of unbranched alkanes of at least 4 members (excludes halogenated alkanes) is 3. The van der Waals surface area contributed by atoms with E-state index in [4.69, 9.17) is 5.11 Å². The number of alkyl halides is 5. The molecule has 0 saturated carbocycles. The van der Waals surface area contributed by atoms with Crippen LogP contribution in [-0.4, -0.2) is 23.2 Å². The summed E-state index contributed by atoms with van der Waals surface area (Å²) in [6, 6.07) is 0. The van der Waals surface area contributed by atoms with Crippen LogP contribution in [0, 0.1) is 0 Å². The third-order valence-electron chi connectivity index (χ3n) is 2.05. The van der Waals surface area contributed by atoms with Crippen LogP contribution in [0.1, 0.15) is 38.5 Å². The van der Waals surface area contributed by atoms with E-state index in [2.05, 4.69) is 0 Å². The Bertz CT molecular complexity index is 224. The predicted molar refractivity (Wildman–Crippen MR) is 46.3 cm³/mol. The van der Waals surface area contributed by atoms with Gasteiger partial charge in [-0.2, -0.15) is 22.0 Å². The first kappa shape index (κ1) is 15.1. The van der Waals surface area contributed by atoms with Crippen LogP contribution in [0.2, 0.25) is 0 Å². The summed E-state index contributed by atoms with van der Waals surface area (Å²) in [5.74, 6) is -5.64. The summed E-state index contributed by atoms with van der Waals surface area (Å²) < 4.78 is 59.8. The zero-order valence-corrected chi connectivity index (χ0v) is 8.49. The summed E-state index contributed by atoms with van der Waals surface area (Å²) in [6.07, 6.45) is -6.24. The second-order valence-corrected chi connectivity index (χ2v) is 3.51. The van der Waals surface area contributed by atoms with Crippen LogP contribution < -0.4 is 0 Å². The van der Waals surface area contributed by atoms with Gasteiger partial charge < -0.3 is 5.11 Å². The van der Waals surface area contributed by atoms with E-state index in [1.165, 1.54) is 0 Å². The van der Waals surface area contributed by atoms with Crippen LogP contribution >= 0.6 is 0 Å². The zero-order chi connectivity index (χ0) is 12.8. The quantitative estimate of drug-likeness (QED) is 0.552. The summed E-state index contributed by atoms with van der Waals surface area (Å²) in [6.45, 7) is 0. The molecule has 0 bridgehead atoms. The number of carbonyl (C=O) groups is 1. The minimum atomic E-state index is -5.49. The van der Waals surface area contributed by atoms with Gasteiger partial charge in [0.05, 0.1) is 0 Å². The van der Waals surface area contributed by atoms with Gasteiger partial charge in [-0.15, -0.1) is 0 Å². The molecule has 0 fully saturated rings. The van der Waals surface area contributed by atoms with Gasteiger partial charge in [-0.3, -0.25) is 4.79 Å². The minimum absolute atomic E-state index is 0.0876. The summed E-state index contributed by atoms with van der Waals surface area (Å²) in [5, 5.41) is 8.24. The molecule has 2 nitrogen and oxygen atoms in total. The minimum Gasteiger partial charge on any atom is -0.481 e. The highest BCUT2D eigenvalue weighted by molar-refractivity contribution is 5.66. The molecule has 0 aliphatic rings. The van der Waals surface area contributed by atoms with Crippen molar-refractivity contribution in [1.82, 2.24) is 0 Å². The van der Waals surface area contributed by atoms with Gasteiger partial charge in [-0.1, -0.05) is 12.8 Å². The summed E-state index contributed by atoms with van der Waals surface area (Å²) in [5.41, 5.74) is 0. The largest absolute Gasteiger partial charge is 0.481 e. The SMILES string of the molecule is O=C(O)CCCCCCC(F)(F)C(F)(F)F. The Morgan fingerprint density at radius 2 is 1.44 bits per heavy atom. The second-order valence-electron chi connectivity index (χ2n) is 3.51. The lowest BCUT2D eigenvalue weighted by molar-refractivity contribution is -0.284. The van der Waals surface area contributed by atoms with Crippen molar-refractivity contribution in [3.63, 3.8) is 0 Å². The van der Waals surface area contributed by atoms with E-state index < -0.39 is 24.5 Å². The average Bonchev–Trinajstić information content (AvgIpc) is 2.08. The van der Waals surface area contributed by atoms with E-state index in [0.717, 1.165) is 0 Å². The number of hydrogen-bond acceptors (Lipinski definition) is 1. The van der Waals surface area contributed by atoms with E-state index in [0.29, 0.717) is 12.8 Å². The molecule has 0 aromatic rings. The van der Waals surface area contributed by atoms with Gasteiger partial charge in [0.2, 0.25) is 0 Å². The second kappa shape index (κ2) is 6.00. The Kier molecular flexibility index (Phi) is 5.67. The van der Waals surface area contributed by atoms with E-state index in [9.17, 15) is 26.7 Å². The van der Waals surface area contributed by atoms with E-state index in [1.807, 2.05) is 0 Å². The lowest BCUT2D eigenvalue weighted by Crippen LogP contribution is -2.36. The number of hydrogen-bond donors (Lipinski definition) is 1. The maximum Gasteiger partial charge on any atom is 0.453 e. The highest BCUT2D eigenvalue weighted by atomic mass is 19.4. The highest BCUT2D eigenvalue weighted by Gasteiger charge is 2.56. The molecule has 0 aromatic carbocycles. The Morgan fingerprint density at radius 3 is 1.88 bits per heavy atom. The van der Waals surface area contributed by atoms with Crippen molar-refractivity contribution in [1.29, 1.82) is 0 Å². The monoisotopic (exact) mass is 248 g/mol. The van der Waals surface area contributed by atoms with Gasteiger partial charge >= 0.3 is 18.1 Å². The van der Waals surface area contributed by atoms with Gasteiger partial charge in [0.15, 0.2) is 0 Å². The van der Waals surface area contributed by atoms with Crippen molar-refractivity contribution in [3.8, 4) is 0 Å². The fourth-order valence-corrected chi connectivity index (χ4v) is 1.12. The molecule has 0 aliphatic carbocycles. The Labute approximate surface area is 89.4 Å². The smallest absolute Gasteiger partial charge is 0.453 e. The van der Waals surface area contributed by atoms with Gasteiger partial charge in [0, 0.05) is 12.8 Å². The first-order valence-electron chi connectivity index (χ1n) is 4.83. The van der Waals surface area contributed by atoms with Crippen molar-refractivity contribution < 1.29 is 31.9 Å². The fraction of sp³-hybridized carbons (Fsp3) is 0.889. The van der Waals surface area contributed by atoms with Crippen LogP contribution in [0.15, 0.2) is 0 Å². The molecule has 0 heterocycles. The van der Waals surface area contributed by atoms with Crippen LogP contribution in [0.4, 0.5) is 22.0 Å². The van der Waals surface area contributed by atoms with Crippen molar-refractivity contribution >= 4 is 5.97 Å². The topological polar surface area (TPSA) is 37.3 Å².